The molecule has 7 nitrogen and oxygen atoms in total. The predicted octanol–water partition coefficient (Wildman–Crippen LogP) is 1.32. The van der Waals surface area contributed by atoms with Crippen LogP contribution in [-0.4, -0.2) is 41.5 Å². The Morgan fingerprint density at radius 1 is 1.03 bits per heavy atom. The first-order valence-electron chi connectivity index (χ1n) is 9.60. The highest BCUT2D eigenvalue weighted by Gasteiger charge is 2.40. The van der Waals surface area contributed by atoms with Crippen LogP contribution >= 0.6 is 0 Å². The molecule has 1 aliphatic rings. The minimum atomic E-state index is -0.909. The molecule has 0 saturated heterocycles. The van der Waals surface area contributed by atoms with E-state index in [1.54, 1.807) is 17.0 Å². The maximum Gasteiger partial charge on any atom is 0.310 e. The van der Waals surface area contributed by atoms with Crippen LogP contribution in [0, 0.1) is 0 Å². The second kappa shape index (κ2) is 8.87. The van der Waals surface area contributed by atoms with E-state index in [-0.39, 0.29) is 18.6 Å². The summed E-state index contributed by atoms with van der Waals surface area (Å²) in [6.07, 6.45) is 0.392. The number of fused-ring (bicyclic) bond motifs is 1. The van der Waals surface area contributed by atoms with Gasteiger partial charge in [-0.25, -0.2) is 0 Å². The molecule has 0 fully saturated rings. The van der Waals surface area contributed by atoms with Gasteiger partial charge in [-0.2, -0.15) is 0 Å². The lowest BCUT2D eigenvalue weighted by Gasteiger charge is -2.22. The van der Waals surface area contributed by atoms with Crippen molar-refractivity contribution in [3.63, 3.8) is 0 Å². The van der Waals surface area contributed by atoms with E-state index in [1.165, 1.54) is 0 Å². The van der Waals surface area contributed by atoms with Gasteiger partial charge in [-0.1, -0.05) is 48.5 Å². The number of aliphatic hydroxyl groups is 1. The predicted molar refractivity (Wildman–Crippen MR) is 109 cm³/mol. The summed E-state index contributed by atoms with van der Waals surface area (Å²) < 4.78 is 0. The Morgan fingerprint density at radius 3 is 2.34 bits per heavy atom. The van der Waals surface area contributed by atoms with Gasteiger partial charge in [0.1, 0.15) is 6.04 Å². The van der Waals surface area contributed by atoms with Crippen LogP contribution in [0.4, 0.5) is 5.69 Å². The van der Waals surface area contributed by atoms with Crippen LogP contribution in [0.5, 0.6) is 0 Å². The fourth-order valence-electron chi connectivity index (χ4n) is 3.52. The summed E-state index contributed by atoms with van der Waals surface area (Å²) in [5.74, 6) is -2.06. The van der Waals surface area contributed by atoms with Crippen molar-refractivity contribution in [2.75, 3.05) is 11.5 Å². The smallest absolute Gasteiger partial charge is 0.310 e. The van der Waals surface area contributed by atoms with Crippen LogP contribution in [0.3, 0.4) is 0 Å². The number of rotatable bonds is 6. The van der Waals surface area contributed by atoms with Crippen molar-refractivity contribution in [3.05, 3.63) is 65.7 Å². The number of benzene rings is 2. The highest BCUT2D eigenvalue weighted by Crippen LogP contribution is 2.36. The number of anilines is 1. The van der Waals surface area contributed by atoms with Gasteiger partial charge in [-0.15, -0.1) is 0 Å². The van der Waals surface area contributed by atoms with Crippen LogP contribution < -0.4 is 15.5 Å². The van der Waals surface area contributed by atoms with Gasteiger partial charge in [0.2, 0.25) is 0 Å². The third-order valence-electron chi connectivity index (χ3n) is 4.87. The Labute approximate surface area is 169 Å². The summed E-state index contributed by atoms with van der Waals surface area (Å²) in [6.45, 7) is 3.47. The molecule has 2 aromatic carbocycles. The summed E-state index contributed by atoms with van der Waals surface area (Å²) in [5, 5.41) is 14.6. The quantitative estimate of drug-likeness (QED) is 0.643. The average Bonchev–Trinajstić information content (AvgIpc) is 2.99. The van der Waals surface area contributed by atoms with Crippen molar-refractivity contribution in [2.45, 2.75) is 38.4 Å². The summed E-state index contributed by atoms with van der Waals surface area (Å²) in [7, 11) is 0. The van der Waals surface area contributed by atoms with Crippen molar-refractivity contribution in [1.82, 2.24) is 10.6 Å². The van der Waals surface area contributed by atoms with Crippen molar-refractivity contribution in [1.29, 1.82) is 0 Å². The van der Waals surface area contributed by atoms with Crippen molar-refractivity contribution >= 4 is 23.4 Å². The van der Waals surface area contributed by atoms with E-state index in [2.05, 4.69) is 10.6 Å². The van der Waals surface area contributed by atoms with E-state index < -0.39 is 23.9 Å². The Bertz CT molecular complexity index is 898. The largest absolute Gasteiger partial charge is 0.394 e. The Hall–Kier alpha value is -3.19. The number of para-hydroxylation sites is 1. The second-order valence-corrected chi connectivity index (χ2v) is 7.31. The zero-order valence-electron chi connectivity index (χ0n) is 16.5. The molecule has 0 saturated carbocycles. The minimum absolute atomic E-state index is 0.0796. The van der Waals surface area contributed by atoms with Crippen LogP contribution in [0.2, 0.25) is 0 Å². The zero-order valence-corrected chi connectivity index (χ0v) is 16.5. The monoisotopic (exact) mass is 395 g/mol. The molecule has 3 amide bonds. The number of nitrogens with zero attached hydrogens (tertiary/aromatic N) is 1. The molecule has 1 aliphatic heterocycles. The van der Waals surface area contributed by atoms with Gasteiger partial charge < -0.3 is 20.6 Å². The first kappa shape index (κ1) is 20.5. The molecule has 1 heterocycles. The molecular weight excluding hydrogens is 370 g/mol. The molecule has 2 unspecified atom stereocenters. The van der Waals surface area contributed by atoms with E-state index >= 15 is 0 Å². The van der Waals surface area contributed by atoms with E-state index in [0.717, 1.165) is 11.3 Å². The average molecular weight is 395 g/mol. The van der Waals surface area contributed by atoms with Gasteiger partial charge in [0.25, 0.3) is 5.91 Å². The van der Waals surface area contributed by atoms with Crippen LogP contribution in [0.25, 0.3) is 0 Å². The summed E-state index contributed by atoms with van der Waals surface area (Å²) in [4.78, 5) is 39.3. The maximum absolute atomic E-state index is 12.8. The van der Waals surface area contributed by atoms with Crippen molar-refractivity contribution in [2.24, 2.45) is 0 Å². The minimum Gasteiger partial charge on any atom is -0.394 e. The van der Waals surface area contributed by atoms with Crippen molar-refractivity contribution in [3.8, 4) is 0 Å². The standard InChI is InChI=1S/C22H25N3O4/c1-14(2)25-18-11-7-6-10-17(18)19(22(25)29)24-21(28)20(27)23-16(13-26)12-15-8-4-3-5-9-15/h3-11,14,16,19,26H,12-13H2,1-2H3,(H,23,27)(H,24,28). The second-order valence-electron chi connectivity index (χ2n) is 7.31. The number of hydrogen-bond donors (Lipinski definition) is 3. The molecule has 2 atom stereocenters. The lowest BCUT2D eigenvalue weighted by atomic mass is 10.1. The first-order chi connectivity index (χ1) is 13.9. The van der Waals surface area contributed by atoms with Gasteiger partial charge in [-0.3, -0.25) is 14.4 Å². The van der Waals surface area contributed by atoms with E-state index in [9.17, 15) is 19.5 Å². The Morgan fingerprint density at radius 2 is 1.69 bits per heavy atom. The Balaban J connectivity index is 1.68. The SMILES string of the molecule is CC(C)N1C(=O)C(NC(=O)C(=O)NC(CO)Cc2ccccc2)c2ccccc21. The Kier molecular flexibility index (Phi) is 6.29. The van der Waals surface area contributed by atoms with Gasteiger partial charge in [0.05, 0.1) is 12.6 Å². The fourth-order valence-corrected chi connectivity index (χ4v) is 3.52. The number of carbonyl (C=O) groups is 3. The number of hydrogen-bond acceptors (Lipinski definition) is 4. The molecule has 152 valence electrons. The molecule has 0 bridgehead atoms. The number of carbonyl (C=O) groups excluding carboxylic acids is 3. The summed E-state index contributed by atoms with van der Waals surface area (Å²) in [6, 6.07) is 15.0. The first-order valence-corrected chi connectivity index (χ1v) is 9.60. The van der Waals surface area contributed by atoms with Crippen LogP contribution in [-0.2, 0) is 20.8 Å². The number of amides is 3. The molecule has 29 heavy (non-hydrogen) atoms. The number of nitrogens with one attached hydrogen (secondary N) is 2. The van der Waals surface area contributed by atoms with Gasteiger partial charge in [0.15, 0.2) is 0 Å². The van der Waals surface area contributed by atoms with E-state index in [1.807, 2.05) is 56.3 Å². The molecule has 7 heteroatoms. The molecular formula is C22H25N3O4. The number of aliphatic hydroxyl groups excluding tert-OH is 1. The lowest BCUT2D eigenvalue weighted by Crippen LogP contribution is -2.49. The lowest BCUT2D eigenvalue weighted by molar-refractivity contribution is -0.141. The maximum atomic E-state index is 12.8. The highest BCUT2D eigenvalue weighted by molar-refractivity contribution is 6.35. The molecule has 3 rings (SSSR count). The molecule has 3 N–H and O–H groups in total. The van der Waals surface area contributed by atoms with Gasteiger partial charge in [-0.05, 0) is 31.9 Å². The normalized spacial score (nSPS) is 16.5. The van der Waals surface area contributed by atoms with E-state index in [0.29, 0.717) is 12.0 Å². The van der Waals surface area contributed by atoms with Gasteiger partial charge in [0, 0.05) is 17.3 Å². The topological polar surface area (TPSA) is 98.7 Å². The van der Waals surface area contributed by atoms with Crippen LogP contribution in [0.15, 0.2) is 54.6 Å². The summed E-state index contributed by atoms with van der Waals surface area (Å²) >= 11 is 0. The van der Waals surface area contributed by atoms with Gasteiger partial charge >= 0.3 is 11.8 Å². The molecule has 0 spiro atoms. The fraction of sp³-hybridized carbons (Fsp3) is 0.318. The summed E-state index contributed by atoms with van der Waals surface area (Å²) in [5.41, 5.74) is 2.32. The third kappa shape index (κ3) is 4.46. The zero-order chi connectivity index (χ0) is 21.0. The molecule has 0 aromatic heterocycles. The molecule has 0 aliphatic carbocycles. The molecule has 2 aromatic rings. The highest BCUT2D eigenvalue weighted by atomic mass is 16.3. The van der Waals surface area contributed by atoms with Crippen molar-refractivity contribution < 1.29 is 19.5 Å². The van der Waals surface area contributed by atoms with E-state index in [4.69, 9.17) is 0 Å². The molecule has 0 radical (unpaired) electrons. The van der Waals surface area contributed by atoms with Crippen LogP contribution in [0.1, 0.15) is 31.0 Å². The third-order valence-corrected chi connectivity index (χ3v) is 4.87.